The average Bonchev–Trinajstić information content (AvgIpc) is 2.49. The molecule has 0 aliphatic carbocycles. The maximum Gasteiger partial charge on any atom is 0.221 e. The van der Waals surface area contributed by atoms with Gasteiger partial charge in [-0.15, -0.1) is 0 Å². The van der Waals surface area contributed by atoms with Crippen LogP contribution in [0.2, 0.25) is 5.15 Å². The molecule has 0 saturated heterocycles. The Bertz CT molecular complexity index is 414. The third kappa shape index (κ3) is 4.31. The Morgan fingerprint density at radius 1 is 1.50 bits per heavy atom. The summed E-state index contributed by atoms with van der Waals surface area (Å²) in [6, 6.07) is 0.188. The Morgan fingerprint density at radius 3 is 2.67 bits per heavy atom. The van der Waals surface area contributed by atoms with Crippen molar-refractivity contribution in [1.29, 1.82) is 0 Å². The van der Waals surface area contributed by atoms with Gasteiger partial charge in [0, 0.05) is 38.2 Å². The third-order valence-corrected chi connectivity index (χ3v) is 3.02. The first kappa shape index (κ1) is 15.0. The van der Waals surface area contributed by atoms with Gasteiger partial charge >= 0.3 is 0 Å². The predicted molar refractivity (Wildman–Crippen MR) is 72.6 cm³/mol. The van der Waals surface area contributed by atoms with E-state index >= 15 is 0 Å². The lowest BCUT2D eigenvalue weighted by Gasteiger charge is -2.08. The third-order valence-electron chi connectivity index (χ3n) is 2.55. The first-order valence-electron chi connectivity index (χ1n) is 6.10. The summed E-state index contributed by atoms with van der Waals surface area (Å²) in [6.07, 6.45) is 0.467. The Hall–Kier alpha value is -1.07. The van der Waals surface area contributed by atoms with Gasteiger partial charge in [-0.25, -0.2) is 0 Å². The van der Waals surface area contributed by atoms with Crippen LogP contribution in [0.4, 0.5) is 0 Å². The van der Waals surface area contributed by atoms with Crippen LogP contribution in [0.5, 0.6) is 0 Å². The molecule has 0 spiro atoms. The average molecular weight is 273 g/mol. The molecular weight excluding hydrogens is 252 g/mol. The molecule has 102 valence electrons. The molecule has 18 heavy (non-hydrogen) atoms. The Balaban J connectivity index is 2.32. The predicted octanol–water partition coefficient (Wildman–Crippen LogP) is 1.39. The zero-order chi connectivity index (χ0) is 13.7. The van der Waals surface area contributed by atoms with Crippen molar-refractivity contribution in [2.24, 2.45) is 7.05 Å². The van der Waals surface area contributed by atoms with E-state index in [2.05, 4.69) is 15.7 Å². The van der Waals surface area contributed by atoms with Gasteiger partial charge in [0.15, 0.2) is 0 Å². The molecule has 0 aromatic carbocycles. The summed E-state index contributed by atoms with van der Waals surface area (Å²) in [5.74, 6) is 0.0616. The van der Waals surface area contributed by atoms with Gasteiger partial charge < -0.3 is 10.6 Å². The van der Waals surface area contributed by atoms with Gasteiger partial charge in [0.25, 0.3) is 0 Å². The van der Waals surface area contributed by atoms with Crippen LogP contribution in [0.15, 0.2) is 0 Å². The minimum absolute atomic E-state index is 0.0616. The molecule has 6 heteroatoms. The summed E-state index contributed by atoms with van der Waals surface area (Å²) in [5, 5.41) is 10.9. The number of hydrogen-bond acceptors (Lipinski definition) is 3. The second-order valence-corrected chi connectivity index (χ2v) is 4.99. The van der Waals surface area contributed by atoms with Gasteiger partial charge in [0.2, 0.25) is 5.91 Å². The highest BCUT2D eigenvalue weighted by Gasteiger charge is 2.10. The molecule has 0 unspecified atom stereocenters. The van der Waals surface area contributed by atoms with Crippen LogP contribution in [0.1, 0.15) is 31.5 Å². The van der Waals surface area contributed by atoms with E-state index in [4.69, 9.17) is 11.6 Å². The van der Waals surface area contributed by atoms with Gasteiger partial charge in [-0.1, -0.05) is 11.6 Å². The molecule has 1 rings (SSSR count). The zero-order valence-electron chi connectivity index (χ0n) is 11.4. The number of nitrogens with one attached hydrogen (secondary N) is 2. The van der Waals surface area contributed by atoms with Gasteiger partial charge in [0.05, 0.1) is 5.69 Å². The molecule has 1 amide bonds. The van der Waals surface area contributed by atoms with Crippen LogP contribution in [0.3, 0.4) is 0 Å². The smallest absolute Gasteiger partial charge is 0.221 e. The summed E-state index contributed by atoms with van der Waals surface area (Å²) in [4.78, 5) is 11.4. The second-order valence-electron chi connectivity index (χ2n) is 4.63. The van der Waals surface area contributed by atoms with Crippen molar-refractivity contribution in [3.05, 3.63) is 16.4 Å². The van der Waals surface area contributed by atoms with Crippen molar-refractivity contribution in [1.82, 2.24) is 20.4 Å². The molecule has 0 saturated carbocycles. The Morgan fingerprint density at radius 2 is 2.17 bits per heavy atom. The van der Waals surface area contributed by atoms with E-state index in [9.17, 15) is 4.79 Å². The summed E-state index contributed by atoms with van der Waals surface area (Å²) < 4.78 is 1.65. The normalized spacial score (nSPS) is 11.0. The fourth-order valence-corrected chi connectivity index (χ4v) is 1.93. The lowest BCUT2D eigenvalue weighted by molar-refractivity contribution is -0.121. The first-order chi connectivity index (χ1) is 8.41. The van der Waals surface area contributed by atoms with E-state index in [1.165, 1.54) is 0 Å². The van der Waals surface area contributed by atoms with Crippen molar-refractivity contribution >= 4 is 17.5 Å². The van der Waals surface area contributed by atoms with E-state index < -0.39 is 0 Å². The van der Waals surface area contributed by atoms with Gasteiger partial charge in [-0.2, -0.15) is 5.10 Å². The molecule has 1 aromatic heterocycles. The molecule has 0 aliphatic heterocycles. The summed E-state index contributed by atoms with van der Waals surface area (Å²) in [6.45, 7) is 7.08. The highest BCUT2D eigenvalue weighted by Crippen LogP contribution is 2.17. The van der Waals surface area contributed by atoms with Crippen LogP contribution in [-0.4, -0.2) is 28.3 Å². The SMILES string of the molecule is Cc1nn(C)c(Cl)c1CNCCC(=O)NC(C)C. The van der Waals surface area contributed by atoms with Crippen molar-refractivity contribution in [3.63, 3.8) is 0 Å². The van der Waals surface area contributed by atoms with E-state index in [0.29, 0.717) is 24.7 Å². The van der Waals surface area contributed by atoms with E-state index in [1.807, 2.05) is 27.8 Å². The quantitative estimate of drug-likeness (QED) is 0.770. The Kier molecular flexibility index (Phi) is 5.62. The van der Waals surface area contributed by atoms with E-state index in [0.717, 1.165) is 11.3 Å². The van der Waals surface area contributed by atoms with Crippen molar-refractivity contribution in [3.8, 4) is 0 Å². The second kappa shape index (κ2) is 6.75. The van der Waals surface area contributed by atoms with Crippen LogP contribution in [0, 0.1) is 6.92 Å². The number of aromatic nitrogens is 2. The number of nitrogens with zero attached hydrogens (tertiary/aromatic N) is 2. The minimum Gasteiger partial charge on any atom is -0.354 e. The van der Waals surface area contributed by atoms with Gasteiger partial charge in [0.1, 0.15) is 5.15 Å². The topological polar surface area (TPSA) is 59.0 Å². The van der Waals surface area contributed by atoms with Crippen molar-refractivity contribution < 1.29 is 4.79 Å². The lowest BCUT2D eigenvalue weighted by atomic mass is 10.2. The largest absolute Gasteiger partial charge is 0.354 e. The van der Waals surface area contributed by atoms with Gasteiger partial charge in [-0.3, -0.25) is 9.48 Å². The maximum absolute atomic E-state index is 11.4. The summed E-state index contributed by atoms with van der Waals surface area (Å²) >= 11 is 6.11. The first-order valence-corrected chi connectivity index (χ1v) is 6.47. The summed E-state index contributed by atoms with van der Waals surface area (Å²) in [7, 11) is 1.81. The Labute approximate surface area is 113 Å². The molecule has 0 bridgehead atoms. The molecule has 0 radical (unpaired) electrons. The van der Waals surface area contributed by atoms with E-state index in [-0.39, 0.29) is 11.9 Å². The maximum atomic E-state index is 11.4. The van der Waals surface area contributed by atoms with Crippen molar-refractivity contribution in [2.75, 3.05) is 6.54 Å². The molecule has 2 N–H and O–H groups in total. The minimum atomic E-state index is 0.0616. The van der Waals surface area contributed by atoms with Crippen LogP contribution in [-0.2, 0) is 18.4 Å². The zero-order valence-corrected chi connectivity index (χ0v) is 12.1. The number of amides is 1. The molecule has 0 fully saturated rings. The van der Waals surface area contributed by atoms with Crippen molar-refractivity contribution in [2.45, 2.75) is 39.8 Å². The van der Waals surface area contributed by atoms with Crippen LogP contribution in [0.25, 0.3) is 0 Å². The number of aryl methyl sites for hydroxylation is 2. The molecule has 1 heterocycles. The molecule has 1 aromatic rings. The number of carbonyl (C=O) groups is 1. The fourth-order valence-electron chi connectivity index (χ4n) is 1.68. The number of carbonyl (C=O) groups excluding carboxylic acids is 1. The number of rotatable bonds is 6. The highest BCUT2D eigenvalue weighted by atomic mass is 35.5. The van der Waals surface area contributed by atoms with Gasteiger partial charge in [-0.05, 0) is 20.8 Å². The molecule has 0 aliphatic rings. The van der Waals surface area contributed by atoms with Crippen LogP contribution >= 0.6 is 11.6 Å². The summed E-state index contributed by atoms with van der Waals surface area (Å²) in [5.41, 5.74) is 1.91. The molecule has 0 atom stereocenters. The highest BCUT2D eigenvalue weighted by molar-refractivity contribution is 6.30. The monoisotopic (exact) mass is 272 g/mol. The van der Waals surface area contributed by atoms with Crippen LogP contribution < -0.4 is 10.6 Å². The standard InChI is InChI=1S/C12H21ClN4O/c1-8(2)15-11(18)5-6-14-7-10-9(3)16-17(4)12(10)13/h8,14H,5-7H2,1-4H3,(H,15,18). The van der Waals surface area contributed by atoms with E-state index in [1.54, 1.807) is 4.68 Å². The number of halogens is 1. The number of hydrogen-bond donors (Lipinski definition) is 2. The molecule has 5 nitrogen and oxygen atoms in total. The lowest BCUT2D eigenvalue weighted by Crippen LogP contribution is -2.32. The molecular formula is C12H21ClN4O. The fraction of sp³-hybridized carbons (Fsp3) is 0.667.